The summed E-state index contributed by atoms with van der Waals surface area (Å²) in [5.74, 6) is 0.302. The van der Waals surface area contributed by atoms with Gasteiger partial charge >= 0.3 is 0 Å². The van der Waals surface area contributed by atoms with E-state index in [2.05, 4.69) is 43.5 Å². The summed E-state index contributed by atoms with van der Waals surface area (Å²) in [6.07, 6.45) is 4.56. The Labute approximate surface area is 128 Å². The van der Waals surface area contributed by atoms with Crippen LogP contribution in [0.15, 0.2) is 24.3 Å². The Morgan fingerprint density at radius 1 is 1.24 bits per heavy atom. The van der Waals surface area contributed by atoms with E-state index >= 15 is 0 Å². The number of nitrogens with one attached hydrogen (secondary N) is 2. The van der Waals surface area contributed by atoms with Crippen LogP contribution in [-0.2, 0) is 4.79 Å². The molecular formula is C18H28N2O. The molecule has 2 rings (SSSR count). The fraction of sp³-hybridized carbons (Fsp3) is 0.611. The van der Waals surface area contributed by atoms with Crippen LogP contribution in [-0.4, -0.2) is 13.0 Å². The van der Waals surface area contributed by atoms with E-state index in [1.807, 2.05) is 19.2 Å². The summed E-state index contributed by atoms with van der Waals surface area (Å²) >= 11 is 0. The van der Waals surface area contributed by atoms with Crippen LogP contribution in [0, 0.1) is 11.3 Å². The molecule has 2 atom stereocenters. The molecule has 116 valence electrons. The molecule has 2 unspecified atom stereocenters. The summed E-state index contributed by atoms with van der Waals surface area (Å²) in [6, 6.07) is 8.46. The number of hydrogen-bond acceptors (Lipinski definition) is 2. The smallest absolute Gasteiger partial charge is 0.228 e. The Balaban J connectivity index is 2.02. The number of hydrogen-bond donors (Lipinski definition) is 2. The number of amides is 1. The van der Waals surface area contributed by atoms with Crippen LogP contribution in [0.1, 0.15) is 58.1 Å². The van der Waals surface area contributed by atoms with Crippen molar-refractivity contribution in [2.75, 3.05) is 12.4 Å². The van der Waals surface area contributed by atoms with Crippen LogP contribution in [0.5, 0.6) is 0 Å². The first kappa shape index (κ1) is 16.0. The van der Waals surface area contributed by atoms with Gasteiger partial charge in [0.2, 0.25) is 5.91 Å². The minimum absolute atomic E-state index is 0.114. The van der Waals surface area contributed by atoms with E-state index in [1.54, 1.807) is 0 Å². The Morgan fingerprint density at radius 3 is 2.48 bits per heavy atom. The second-order valence-electron chi connectivity index (χ2n) is 6.91. The van der Waals surface area contributed by atoms with Crippen molar-refractivity contribution in [2.45, 2.75) is 52.5 Å². The van der Waals surface area contributed by atoms with E-state index < -0.39 is 0 Å². The van der Waals surface area contributed by atoms with E-state index in [0.29, 0.717) is 6.04 Å². The second-order valence-corrected chi connectivity index (χ2v) is 6.91. The predicted octanol–water partition coefficient (Wildman–Crippen LogP) is 4.12. The molecule has 1 aromatic rings. The highest BCUT2D eigenvalue weighted by molar-refractivity contribution is 5.93. The molecule has 0 saturated heterocycles. The van der Waals surface area contributed by atoms with Crippen molar-refractivity contribution >= 4 is 11.6 Å². The van der Waals surface area contributed by atoms with Crippen molar-refractivity contribution in [3.63, 3.8) is 0 Å². The van der Waals surface area contributed by atoms with Gasteiger partial charge < -0.3 is 10.6 Å². The molecule has 1 fully saturated rings. The lowest BCUT2D eigenvalue weighted by Crippen LogP contribution is -2.37. The maximum absolute atomic E-state index is 12.5. The van der Waals surface area contributed by atoms with Gasteiger partial charge in [-0.05, 0) is 49.9 Å². The molecule has 1 saturated carbocycles. The molecule has 0 heterocycles. The first-order chi connectivity index (χ1) is 9.94. The first-order valence-electron chi connectivity index (χ1n) is 8.02. The molecular weight excluding hydrogens is 260 g/mol. The third-order valence-corrected chi connectivity index (χ3v) is 4.93. The Bertz CT molecular complexity index is 478. The summed E-state index contributed by atoms with van der Waals surface area (Å²) in [5, 5.41) is 6.31. The van der Waals surface area contributed by atoms with Gasteiger partial charge in [-0.3, -0.25) is 4.79 Å². The van der Waals surface area contributed by atoms with Crippen molar-refractivity contribution in [1.82, 2.24) is 5.32 Å². The van der Waals surface area contributed by atoms with E-state index in [1.165, 1.54) is 18.4 Å². The number of carbonyl (C=O) groups is 1. The van der Waals surface area contributed by atoms with Gasteiger partial charge in [0.15, 0.2) is 0 Å². The first-order valence-corrected chi connectivity index (χ1v) is 8.02. The lowest BCUT2D eigenvalue weighted by atomic mass is 9.68. The monoisotopic (exact) mass is 288 g/mol. The zero-order valence-corrected chi connectivity index (χ0v) is 13.7. The number of rotatable bonds is 4. The summed E-state index contributed by atoms with van der Waals surface area (Å²) in [4.78, 5) is 12.5. The summed E-state index contributed by atoms with van der Waals surface area (Å²) in [7, 11) is 1.95. The third-order valence-electron chi connectivity index (χ3n) is 4.93. The molecule has 1 amide bonds. The molecule has 1 aromatic carbocycles. The van der Waals surface area contributed by atoms with Crippen LogP contribution in [0.2, 0.25) is 0 Å². The molecule has 2 N–H and O–H groups in total. The van der Waals surface area contributed by atoms with Crippen molar-refractivity contribution in [2.24, 2.45) is 11.3 Å². The number of anilines is 1. The highest BCUT2D eigenvalue weighted by Gasteiger charge is 2.37. The molecule has 1 aliphatic carbocycles. The molecule has 0 aliphatic heterocycles. The molecule has 0 spiro atoms. The molecule has 3 heteroatoms. The predicted molar refractivity (Wildman–Crippen MR) is 88.3 cm³/mol. The standard InChI is InChI=1S/C18H28N2O/c1-13(19-4)14-8-10-15(11-9-14)20-17(21)16-7-5-6-12-18(16,2)3/h8-11,13,16,19H,5-7,12H2,1-4H3,(H,20,21). The maximum atomic E-state index is 12.5. The average molecular weight is 288 g/mol. The van der Waals surface area contributed by atoms with Crippen molar-refractivity contribution in [3.8, 4) is 0 Å². The highest BCUT2D eigenvalue weighted by Crippen LogP contribution is 2.41. The normalized spacial score (nSPS) is 22.6. The second kappa shape index (κ2) is 6.61. The van der Waals surface area contributed by atoms with Crippen LogP contribution < -0.4 is 10.6 Å². The van der Waals surface area contributed by atoms with E-state index in [9.17, 15) is 4.79 Å². The molecule has 0 bridgehead atoms. The molecule has 0 radical (unpaired) electrons. The Morgan fingerprint density at radius 2 is 1.90 bits per heavy atom. The van der Waals surface area contributed by atoms with Gasteiger partial charge in [-0.1, -0.05) is 38.8 Å². The van der Waals surface area contributed by atoms with Crippen LogP contribution >= 0.6 is 0 Å². The van der Waals surface area contributed by atoms with Gasteiger partial charge in [0, 0.05) is 17.6 Å². The van der Waals surface area contributed by atoms with E-state index in [4.69, 9.17) is 0 Å². The zero-order valence-electron chi connectivity index (χ0n) is 13.7. The fourth-order valence-electron chi connectivity index (χ4n) is 3.23. The molecule has 21 heavy (non-hydrogen) atoms. The minimum atomic E-state index is 0.114. The number of carbonyl (C=O) groups excluding carboxylic acids is 1. The largest absolute Gasteiger partial charge is 0.326 e. The quantitative estimate of drug-likeness (QED) is 0.875. The molecule has 3 nitrogen and oxygen atoms in total. The lowest BCUT2D eigenvalue weighted by Gasteiger charge is -2.37. The van der Waals surface area contributed by atoms with E-state index in [-0.39, 0.29) is 17.2 Å². The van der Waals surface area contributed by atoms with Crippen LogP contribution in [0.25, 0.3) is 0 Å². The van der Waals surface area contributed by atoms with Crippen molar-refractivity contribution in [3.05, 3.63) is 29.8 Å². The van der Waals surface area contributed by atoms with Crippen molar-refractivity contribution < 1.29 is 4.79 Å². The van der Waals surface area contributed by atoms with Gasteiger partial charge in [-0.15, -0.1) is 0 Å². The van der Waals surface area contributed by atoms with Crippen LogP contribution in [0.4, 0.5) is 5.69 Å². The third kappa shape index (κ3) is 3.85. The van der Waals surface area contributed by atoms with Gasteiger partial charge in [0.05, 0.1) is 0 Å². The Hall–Kier alpha value is -1.35. The van der Waals surface area contributed by atoms with Gasteiger partial charge in [0.25, 0.3) is 0 Å². The number of benzene rings is 1. The summed E-state index contributed by atoms with van der Waals surface area (Å²) in [5.41, 5.74) is 2.24. The molecule has 1 aliphatic rings. The Kier molecular flexibility index (Phi) is 5.04. The zero-order chi connectivity index (χ0) is 15.5. The minimum Gasteiger partial charge on any atom is -0.326 e. The molecule has 0 aromatic heterocycles. The van der Waals surface area contributed by atoms with Gasteiger partial charge in [-0.2, -0.15) is 0 Å². The lowest BCUT2D eigenvalue weighted by molar-refractivity contribution is -0.124. The van der Waals surface area contributed by atoms with Crippen molar-refractivity contribution in [1.29, 1.82) is 0 Å². The van der Waals surface area contributed by atoms with Crippen LogP contribution in [0.3, 0.4) is 0 Å². The van der Waals surface area contributed by atoms with E-state index in [0.717, 1.165) is 18.5 Å². The SMILES string of the molecule is CNC(C)c1ccc(NC(=O)C2CCCCC2(C)C)cc1. The average Bonchev–Trinajstić information content (AvgIpc) is 2.46. The maximum Gasteiger partial charge on any atom is 0.228 e. The summed E-state index contributed by atoms with van der Waals surface area (Å²) in [6.45, 7) is 6.56. The summed E-state index contributed by atoms with van der Waals surface area (Å²) < 4.78 is 0. The van der Waals surface area contributed by atoms with Gasteiger partial charge in [-0.25, -0.2) is 0 Å². The fourth-order valence-corrected chi connectivity index (χ4v) is 3.23. The van der Waals surface area contributed by atoms with Gasteiger partial charge in [0.1, 0.15) is 0 Å². The highest BCUT2D eigenvalue weighted by atomic mass is 16.1. The topological polar surface area (TPSA) is 41.1 Å².